The average molecular weight is 246 g/mol. The van der Waals surface area contributed by atoms with Crippen molar-refractivity contribution in [2.75, 3.05) is 0 Å². The summed E-state index contributed by atoms with van der Waals surface area (Å²) in [5, 5.41) is 10.8. The van der Waals surface area contributed by atoms with Crippen molar-refractivity contribution >= 4 is 21.2 Å². The normalized spacial score (nSPS) is 27.8. The summed E-state index contributed by atoms with van der Waals surface area (Å²) in [5.74, 6) is 0. The second kappa shape index (κ2) is 4.23. The van der Waals surface area contributed by atoms with E-state index in [1.54, 1.807) is 17.5 Å². The van der Waals surface area contributed by atoms with Gasteiger partial charge in [0, 0.05) is 0 Å². The molecule has 0 aliphatic heterocycles. The molecule has 0 spiro atoms. The van der Waals surface area contributed by atoms with Crippen LogP contribution in [0.4, 0.5) is 0 Å². The third-order valence-corrected chi connectivity index (χ3v) is 6.55. The largest absolute Gasteiger partial charge is 0.393 e. The summed E-state index contributed by atoms with van der Waals surface area (Å²) in [7, 11) is -3.13. The fraction of sp³-hybridized carbons (Fsp3) is 0.600. The number of aliphatic hydroxyl groups is 1. The molecule has 0 amide bonds. The van der Waals surface area contributed by atoms with Gasteiger partial charge < -0.3 is 5.11 Å². The zero-order chi connectivity index (χ0) is 10.9. The quantitative estimate of drug-likeness (QED) is 0.866. The minimum Gasteiger partial charge on any atom is -0.393 e. The van der Waals surface area contributed by atoms with Gasteiger partial charge in [0.15, 0.2) is 9.84 Å². The van der Waals surface area contributed by atoms with Crippen LogP contribution in [0.3, 0.4) is 0 Å². The number of rotatable bonds is 2. The monoisotopic (exact) mass is 246 g/mol. The van der Waals surface area contributed by atoms with E-state index in [4.69, 9.17) is 0 Å². The van der Waals surface area contributed by atoms with Crippen molar-refractivity contribution in [3.8, 4) is 0 Å². The summed E-state index contributed by atoms with van der Waals surface area (Å²) >= 11 is 1.27. The summed E-state index contributed by atoms with van der Waals surface area (Å²) in [5.41, 5.74) is 0. The minimum atomic E-state index is -3.13. The first-order valence-electron chi connectivity index (χ1n) is 5.06. The highest BCUT2D eigenvalue weighted by molar-refractivity contribution is 7.94. The van der Waals surface area contributed by atoms with Crippen molar-refractivity contribution < 1.29 is 13.5 Å². The molecule has 1 saturated carbocycles. The number of hydrogen-bond acceptors (Lipinski definition) is 4. The summed E-state index contributed by atoms with van der Waals surface area (Å²) < 4.78 is 24.6. The van der Waals surface area contributed by atoms with Crippen LogP contribution >= 0.6 is 11.3 Å². The average Bonchev–Trinajstić information content (AvgIpc) is 2.71. The number of sulfone groups is 1. The smallest absolute Gasteiger partial charge is 0.190 e. The van der Waals surface area contributed by atoms with Crippen LogP contribution in [0.15, 0.2) is 21.7 Å². The molecule has 84 valence electrons. The second-order valence-corrected chi connectivity index (χ2v) is 7.31. The lowest BCUT2D eigenvalue weighted by atomic mass is 9.97. The van der Waals surface area contributed by atoms with Crippen LogP contribution in [0.5, 0.6) is 0 Å². The Bertz CT molecular complexity index is 400. The number of aliphatic hydroxyl groups excluding tert-OH is 1. The Morgan fingerprint density at radius 1 is 1.27 bits per heavy atom. The van der Waals surface area contributed by atoms with Crippen molar-refractivity contribution in [3.05, 3.63) is 17.5 Å². The van der Waals surface area contributed by atoms with Gasteiger partial charge >= 0.3 is 0 Å². The van der Waals surface area contributed by atoms with Gasteiger partial charge in [0.1, 0.15) is 4.21 Å². The highest BCUT2D eigenvalue weighted by Crippen LogP contribution is 2.30. The van der Waals surface area contributed by atoms with Gasteiger partial charge in [-0.1, -0.05) is 6.07 Å². The Labute approximate surface area is 93.7 Å². The number of thiophene rings is 1. The molecule has 0 atom stereocenters. The SMILES string of the molecule is O=S(=O)(c1cccs1)C1CCC(O)CC1. The molecule has 1 aromatic heterocycles. The minimum absolute atomic E-state index is 0.292. The molecule has 1 fully saturated rings. The Balaban J connectivity index is 2.17. The van der Waals surface area contributed by atoms with Crippen LogP contribution in [0, 0.1) is 0 Å². The zero-order valence-corrected chi connectivity index (χ0v) is 9.93. The lowest BCUT2D eigenvalue weighted by molar-refractivity contribution is 0.131. The van der Waals surface area contributed by atoms with Gasteiger partial charge in [0.25, 0.3) is 0 Å². The van der Waals surface area contributed by atoms with Gasteiger partial charge in [-0.25, -0.2) is 8.42 Å². The fourth-order valence-electron chi connectivity index (χ4n) is 1.95. The van der Waals surface area contributed by atoms with Gasteiger partial charge in [0.2, 0.25) is 0 Å². The van der Waals surface area contributed by atoms with Gasteiger partial charge in [-0.05, 0) is 37.1 Å². The molecule has 0 radical (unpaired) electrons. The Morgan fingerprint density at radius 3 is 2.47 bits per heavy atom. The summed E-state index contributed by atoms with van der Waals surface area (Å²) in [4.78, 5) is 0. The molecule has 3 nitrogen and oxygen atoms in total. The maximum Gasteiger partial charge on any atom is 0.190 e. The zero-order valence-electron chi connectivity index (χ0n) is 8.30. The first-order chi connectivity index (χ1) is 7.10. The Hall–Kier alpha value is -0.390. The van der Waals surface area contributed by atoms with Crippen LogP contribution < -0.4 is 0 Å². The molecule has 1 N–H and O–H groups in total. The maximum atomic E-state index is 12.1. The third kappa shape index (κ3) is 2.24. The van der Waals surface area contributed by atoms with Crippen LogP contribution in [0.25, 0.3) is 0 Å². The molecule has 15 heavy (non-hydrogen) atoms. The number of hydrogen-bond donors (Lipinski definition) is 1. The van der Waals surface area contributed by atoms with Crippen molar-refractivity contribution in [2.24, 2.45) is 0 Å². The molecule has 2 rings (SSSR count). The summed E-state index contributed by atoms with van der Waals surface area (Å²) in [6.45, 7) is 0. The van der Waals surface area contributed by atoms with E-state index in [1.165, 1.54) is 11.3 Å². The summed E-state index contributed by atoms with van der Waals surface area (Å²) in [6.07, 6.45) is 2.08. The molecule has 0 bridgehead atoms. The van der Waals surface area contributed by atoms with E-state index in [-0.39, 0.29) is 11.4 Å². The van der Waals surface area contributed by atoms with Gasteiger partial charge in [-0.3, -0.25) is 0 Å². The molecule has 1 aliphatic carbocycles. The lowest BCUT2D eigenvalue weighted by Gasteiger charge is -2.24. The van der Waals surface area contributed by atoms with E-state index >= 15 is 0 Å². The van der Waals surface area contributed by atoms with Crippen molar-refractivity contribution in [3.63, 3.8) is 0 Å². The second-order valence-electron chi connectivity index (χ2n) is 3.91. The maximum absolute atomic E-state index is 12.1. The van der Waals surface area contributed by atoms with Crippen LogP contribution in [0.1, 0.15) is 25.7 Å². The molecule has 1 heterocycles. The van der Waals surface area contributed by atoms with Crippen LogP contribution in [0.2, 0.25) is 0 Å². The van der Waals surface area contributed by atoms with Gasteiger partial charge in [-0.2, -0.15) is 0 Å². The fourth-order valence-corrected chi connectivity index (χ4v) is 4.99. The lowest BCUT2D eigenvalue weighted by Crippen LogP contribution is -2.28. The Kier molecular flexibility index (Phi) is 3.13. The molecule has 1 aromatic rings. The predicted molar refractivity (Wildman–Crippen MR) is 59.8 cm³/mol. The third-order valence-electron chi connectivity index (χ3n) is 2.86. The molecule has 1 aliphatic rings. The van der Waals surface area contributed by atoms with Crippen molar-refractivity contribution in [1.29, 1.82) is 0 Å². The first kappa shape index (κ1) is 11.1. The Morgan fingerprint density at radius 2 is 1.93 bits per heavy atom. The topological polar surface area (TPSA) is 54.4 Å². The molecule has 0 unspecified atom stereocenters. The summed E-state index contributed by atoms with van der Waals surface area (Å²) in [6, 6.07) is 3.42. The highest BCUT2D eigenvalue weighted by Gasteiger charge is 2.31. The molecule has 5 heteroatoms. The van der Waals surface area contributed by atoms with E-state index in [0.29, 0.717) is 29.9 Å². The van der Waals surface area contributed by atoms with Gasteiger partial charge in [-0.15, -0.1) is 11.3 Å². The van der Waals surface area contributed by atoms with Crippen LogP contribution in [-0.4, -0.2) is 24.9 Å². The molecule has 0 saturated heterocycles. The van der Waals surface area contributed by atoms with Crippen LogP contribution in [-0.2, 0) is 9.84 Å². The predicted octanol–water partition coefficient (Wildman–Crippen LogP) is 1.83. The first-order valence-corrected chi connectivity index (χ1v) is 7.49. The van der Waals surface area contributed by atoms with E-state index in [0.717, 1.165) is 0 Å². The van der Waals surface area contributed by atoms with Crippen molar-refractivity contribution in [2.45, 2.75) is 41.2 Å². The molecular weight excluding hydrogens is 232 g/mol. The van der Waals surface area contributed by atoms with Crippen molar-refractivity contribution in [1.82, 2.24) is 0 Å². The van der Waals surface area contributed by atoms with E-state index in [2.05, 4.69) is 0 Å². The van der Waals surface area contributed by atoms with E-state index < -0.39 is 9.84 Å². The van der Waals surface area contributed by atoms with E-state index in [1.807, 2.05) is 0 Å². The standard InChI is InChI=1S/C10H14O3S2/c11-8-3-5-9(6-4-8)15(12,13)10-2-1-7-14-10/h1-2,7-9,11H,3-6H2. The highest BCUT2D eigenvalue weighted by atomic mass is 32.2. The molecular formula is C10H14O3S2. The van der Waals surface area contributed by atoms with Gasteiger partial charge in [0.05, 0.1) is 11.4 Å². The molecule has 0 aromatic carbocycles. The van der Waals surface area contributed by atoms with E-state index in [9.17, 15) is 13.5 Å².